The highest BCUT2D eigenvalue weighted by Gasteiger charge is 2.15. The van der Waals surface area contributed by atoms with E-state index in [1.165, 1.54) is 27.8 Å². The molecule has 1 aromatic heterocycles. The average Bonchev–Trinajstić information content (AvgIpc) is 3.46. The molecular weight excluding hydrogens is 1100 g/mol. The number of esters is 2. The van der Waals surface area contributed by atoms with Crippen molar-refractivity contribution < 1.29 is 38.1 Å². The molecule has 0 radical (unpaired) electrons. The molecule has 0 bridgehead atoms. The molecule has 12 nitrogen and oxygen atoms in total. The summed E-state index contributed by atoms with van der Waals surface area (Å²) < 4.78 is 24.2. The Morgan fingerprint density at radius 3 is 1.16 bits per heavy atom. The molecule has 0 aliphatic heterocycles. The van der Waals surface area contributed by atoms with Crippen LogP contribution in [0.3, 0.4) is 0 Å². The summed E-state index contributed by atoms with van der Waals surface area (Å²) in [4.78, 5) is 74.8. The van der Waals surface area contributed by atoms with Gasteiger partial charge in [-0.1, -0.05) is 223 Å². The van der Waals surface area contributed by atoms with Crippen molar-refractivity contribution >= 4 is 47.8 Å². The van der Waals surface area contributed by atoms with Gasteiger partial charge in [-0.05, 0) is 106 Å². The van der Waals surface area contributed by atoms with Crippen LogP contribution in [0.1, 0.15) is 123 Å². The molecule has 0 spiro atoms. The Morgan fingerprint density at radius 1 is 0.443 bits per heavy atom. The zero-order chi connectivity index (χ0) is 62.3. The van der Waals surface area contributed by atoms with Crippen molar-refractivity contribution in [3.8, 4) is 0 Å². The molecule has 0 aliphatic rings. The minimum Gasteiger partial charge on any atom is -0.458 e. The number of nitrogens with zero attached hydrogens (tertiary/aromatic N) is 2. The third kappa shape index (κ3) is 22.0. The number of aromatic nitrogens is 2. The van der Waals surface area contributed by atoms with Gasteiger partial charge in [-0.25, -0.2) is 14.4 Å². The van der Waals surface area contributed by atoms with Crippen LogP contribution in [0.25, 0.3) is 24.3 Å². The van der Waals surface area contributed by atoms with Gasteiger partial charge in [0, 0.05) is 48.9 Å². The number of carbonyl (C=O) groups excluding carboxylic acids is 4. The molecule has 0 saturated carbocycles. The highest BCUT2D eigenvalue weighted by molar-refractivity contribution is 6.03. The Labute approximate surface area is 517 Å². The smallest absolute Gasteiger partial charge is 0.338 e. The van der Waals surface area contributed by atoms with Crippen LogP contribution in [0.4, 0.5) is 0 Å². The van der Waals surface area contributed by atoms with Crippen LogP contribution >= 0.6 is 0 Å². The van der Waals surface area contributed by atoms with Crippen molar-refractivity contribution in [2.45, 2.75) is 66.3 Å². The number of ether oxygens (including phenoxy) is 4. The summed E-state index contributed by atoms with van der Waals surface area (Å²) in [6, 6.07) is 51.9. The second kappa shape index (κ2) is 36.6. The van der Waals surface area contributed by atoms with Crippen molar-refractivity contribution in [1.29, 1.82) is 0 Å². The summed E-state index contributed by atoms with van der Waals surface area (Å²) in [5, 5.41) is 0. The molecule has 0 amide bonds. The number of ketones is 2. The molecule has 0 unspecified atom stereocenters. The van der Waals surface area contributed by atoms with Gasteiger partial charge in [0.25, 0.3) is 5.56 Å². The topological polar surface area (TPSA) is 149 Å². The minimum atomic E-state index is -0.457. The molecular formula is C76H78N2O10. The third-order valence-electron chi connectivity index (χ3n) is 13.6. The van der Waals surface area contributed by atoms with E-state index in [4.69, 9.17) is 18.9 Å². The van der Waals surface area contributed by atoms with Gasteiger partial charge in [0.15, 0.2) is 11.6 Å². The summed E-state index contributed by atoms with van der Waals surface area (Å²) in [5.74, 6) is -1.20. The van der Waals surface area contributed by atoms with E-state index in [0.717, 1.165) is 70.6 Å². The van der Waals surface area contributed by atoms with E-state index in [1.54, 1.807) is 103 Å². The molecule has 0 aliphatic carbocycles. The molecule has 0 atom stereocenters. The van der Waals surface area contributed by atoms with E-state index in [1.807, 2.05) is 60.7 Å². The number of aryl methyl sites for hydroxylation is 1. The van der Waals surface area contributed by atoms with E-state index in [9.17, 15) is 28.8 Å². The number of rotatable bonds is 29. The molecule has 0 fully saturated rings. The molecule has 8 aromatic rings. The van der Waals surface area contributed by atoms with E-state index >= 15 is 0 Å². The summed E-state index contributed by atoms with van der Waals surface area (Å²) in [5.41, 5.74) is 11.6. The number of benzene rings is 7. The summed E-state index contributed by atoms with van der Waals surface area (Å²) in [6.07, 6.45) is 14.1. The lowest BCUT2D eigenvalue weighted by molar-refractivity contribution is 0.0540. The quantitative estimate of drug-likeness (QED) is 0.0192. The molecule has 0 N–H and O–H groups in total. The van der Waals surface area contributed by atoms with Gasteiger partial charge in [-0.2, -0.15) is 0 Å². The maximum Gasteiger partial charge on any atom is 0.338 e. The zero-order valence-corrected chi connectivity index (χ0v) is 49.4. The van der Waals surface area contributed by atoms with Gasteiger partial charge in [0.05, 0.1) is 37.4 Å². The lowest BCUT2D eigenvalue weighted by atomic mass is 9.97. The lowest BCUT2D eigenvalue weighted by Gasteiger charge is -2.12. The predicted molar refractivity (Wildman–Crippen MR) is 356 cm³/mol. The Kier molecular flexibility index (Phi) is 28.6. The zero-order valence-electron chi connectivity index (χ0n) is 49.4. The van der Waals surface area contributed by atoms with Gasteiger partial charge in [-0.15, -0.1) is 0 Å². The molecule has 452 valence electrons. The SMILES string of the molecule is C.C=CCOC(=O)c1ccc(CC(=O)c2cccc(C(=O)Cc3ccc(C(=O)OCC=C)cc3)c2)cc1.C=Cc1ccc(COCCCCOCc2ccc(C=C)cc2)cc1.C=Cc1ccc(Cn2cc(C)c(=O)n(Cc3ccc(C=C)cc3)c2=O)cc1. The lowest BCUT2D eigenvalue weighted by Crippen LogP contribution is -2.41. The first-order valence-electron chi connectivity index (χ1n) is 28.5. The largest absolute Gasteiger partial charge is 0.458 e. The normalized spacial score (nSPS) is 10.3. The number of hydrogen-bond donors (Lipinski definition) is 0. The van der Waals surface area contributed by atoms with Crippen molar-refractivity contribution in [1.82, 2.24) is 9.13 Å². The van der Waals surface area contributed by atoms with Crippen LogP contribution in [0.5, 0.6) is 0 Å². The van der Waals surface area contributed by atoms with Gasteiger partial charge in [0.1, 0.15) is 13.2 Å². The van der Waals surface area contributed by atoms with Gasteiger partial charge < -0.3 is 18.9 Å². The van der Waals surface area contributed by atoms with E-state index in [2.05, 4.69) is 88.0 Å². The highest BCUT2D eigenvalue weighted by atomic mass is 16.5. The van der Waals surface area contributed by atoms with Gasteiger partial charge >= 0.3 is 17.6 Å². The monoisotopic (exact) mass is 1180 g/mol. The van der Waals surface area contributed by atoms with E-state index < -0.39 is 11.9 Å². The molecule has 88 heavy (non-hydrogen) atoms. The third-order valence-corrected chi connectivity index (χ3v) is 13.6. The van der Waals surface area contributed by atoms with Crippen LogP contribution in [0.15, 0.2) is 237 Å². The molecule has 8 rings (SSSR count). The van der Waals surface area contributed by atoms with Crippen molar-refractivity contribution in [3.63, 3.8) is 0 Å². The van der Waals surface area contributed by atoms with E-state index in [0.29, 0.717) is 47.6 Å². The Bertz CT molecular complexity index is 3590. The fourth-order valence-electron chi connectivity index (χ4n) is 8.63. The van der Waals surface area contributed by atoms with Crippen LogP contribution < -0.4 is 11.2 Å². The summed E-state index contributed by atoms with van der Waals surface area (Å²) in [6.45, 7) is 27.5. The first kappa shape index (κ1) is 68.6. The van der Waals surface area contributed by atoms with Crippen molar-refractivity contribution in [2.24, 2.45) is 0 Å². The van der Waals surface area contributed by atoms with Crippen molar-refractivity contribution in [2.75, 3.05) is 26.4 Å². The molecule has 12 heteroatoms. The Hall–Kier alpha value is -10.1. The maximum atomic E-state index is 12.9. The predicted octanol–water partition coefficient (Wildman–Crippen LogP) is 15.0. The number of Topliss-reactive ketones (excluding diaryl/α,β-unsaturated/α-hetero) is 2. The number of hydrogen-bond acceptors (Lipinski definition) is 10. The Balaban J connectivity index is 0.000000245. The Morgan fingerprint density at radius 2 is 0.795 bits per heavy atom. The first-order valence-corrected chi connectivity index (χ1v) is 28.5. The second-order valence-corrected chi connectivity index (χ2v) is 20.2. The number of carbonyl (C=O) groups is 4. The minimum absolute atomic E-state index is 0. The molecule has 0 saturated heterocycles. The maximum absolute atomic E-state index is 12.9. The highest BCUT2D eigenvalue weighted by Crippen LogP contribution is 2.17. The molecule has 1 heterocycles. The molecule has 7 aromatic carbocycles. The van der Waals surface area contributed by atoms with Gasteiger partial charge in [0.2, 0.25) is 0 Å². The average molecular weight is 1180 g/mol. The van der Waals surface area contributed by atoms with Gasteiger partial charge in [-0.3, -0.25) is 23.5 Å². The summed E-state index contributed by atoms with van der Waals surface area (Å²) >= 11 is 0. The fraction of sp³-hybridized carbons (Fsp3) is 0.184. The standard InChI is InChI=1S/C30H26O6.C23H22N2O2.C22H26O2.CH4/c1-3-16-35-29(33)23-12-8-21(9-13-23)18-27(31)25-6-5-7-26(20-25)28(32)19-22-10-14-24(15-11-22)30(34)36-17-4-2;1-4-18-6-10-20(11-7-18)15-24-14-17(3)22(26)25(23(24)27)16-21-12-8-19(5-2)9-13-21;1-3-19-7-11-21(12-8-19)17-23-15-5-6-16-24-18-22-13-9-20(4-2)10-14-22;/h3-15,20H,1-2,16-19H2;4-14H,1-2,15-16H2,3H3;3-4,7-14H,1-2,5-6,15-18H2;1H4. The first-order chi connectivity index (χ1) is 42.2. The van der Waals surface area contributed by atoms with Crippen LogP contribution in [0.2, 0.25) is 0 Å². The van der Waals surface area contributed by atoms with Crippen molar-refractivity contribution in [3.05, 3.63) is 332 Å². The summed E-state index contributed by atoms with van der Waals surface area (Å²) in [7, 11) is 0. The second-order valence-electron chi connectivity index (χ2n) is 20.2. The van der Waals surface area contributed by atoms with Crippen LogP contribution in [-0.4, -0.2) is 59.1 Å². The van der Waals surface area contributed by atoms with Crippen LogP contribution in [0, 0.1) is 6.92 Å². The van der Waals surface area contributed by atoms with E-state index in [-0.39, 0.29) is 62.8 Å². The van der Waals surface area contributed by atoms with Crippen LogP contribution in [-0.2, 0) is 58.1 Å². The number of unbranched alkanes of at least 4 members (excludes halogenated alkanes) is 1. The fourth-order valence-corrected chi connectivity index (χ4v) is 8.63.